The Labute approximate surface area is 153 Å². The zero-order chi connectivity index (χ0) is 18.7. The third-order valence-corrected chi connectivity index (χ3v) is 4.46. The van der Waals surface area contributed by atoms with E-state index in [-0.39, 0.29) is 5.56 Å². The topological polar surface area (TPSA) is 38.1 Å². The van der Waals surface area contributed by atoms with Crippen LogP contribution in [0.25, 0.3) is 5.69 Å². The van der Waals surface area contributed by atoms with Gasteiger partial charge in [0.1, 0.15) is 5.82 Å². The van der Waals surface area contributed by atoms with Crippen molar-refractivity contribution in [3.05, 3.63) is 46.1 Å². The van der Waals surface area contributed by atoms with Crippen LogP contribution in [0.3, 0.4) is 0 Å². The number of nitrogens with zero attached hydrogens (tertiary/aromatic N) is 3. The summed E-state index contributed by atoms with van der Waals surface area (Å²) in [7, 11) is 2.83. The molecule has 0 aliphatic rings. The van der Waals surface area contributed by atoms with Crippen molar-refractivity contribution in [2.24, 2.45) is 11.8 Å². The minimum Gasteiger partial charge on any atom is -0.371 e. The van der Waals surface area contributed by atoms with E-state index in [1.165, 1.54) is 5.69 Å². The SMILES string of the molecule is Cc1cc(=O)n(-c2ccc(N(CC(C)C)CC(C)C)c(P)c2)c(C)n1. The molecule has 1 atom stereocenters. The van der Waals surface area contributed by atoms with Crippen LogP contribution in [0.1, 0.15) is 39.2 Å². The lowest BCUT2D eigenvalue weighted by atomic mass is 10.1. The number of rotatable bonds is 6. The van der Waals surface area contributed by atoms with Gasteiger partial charge in [0.15, 0.2) is 0 Å². The Morgan fingerprint density at radius 1 is 1.08 bits per heavy atom. The van der Waals surface area contributed by atoms with Crippen molar-refractivity contribution in [3.8, 4) is 5.69 Å². The third kappa shape index (κ3) is 4.92. The maximum atomic E-state index is 12.4. The van der Waals surface area contributed by atoms with E-state index in [1.54, 1.807) is 10.6 Å². The van der Waals surface area contributed by atoms with E-state index >= 15 is 0 Å². The summed E-state index contributed by atoms with van der Waals surface area (Å²) in [6.07, 6.45) is 0. The number of aryl methyl sites for hydroxylation is 2. The summed E-state index contributed by atoms with van der Waals surface area (Å²) < 4.78 is 1.67. The molecule has 1 aromatic heterocycles. The molecule has 0 aliphatic heterocycles. The Hall–Kier alpha value is -1.67. The number of benzene rings is 1. The quantitative estimate of drug-likeness (QED) is 0.741. The van der Waals surface area contributed by atoms with Gasteiger partial charge in [-0.25, -0.2) is 4.98 Å². The zero-order valence-electron chi connectivity index (χ0n) is 16.2. The Bertz CT molecular complexity index is 786. The monoisotopic (exact) mass is 359 g/mol. The largest absolute Gasteiger partial charge is 0.371 e. The second kappa shape index (κ2) is 8.14. The molecule has 0 radical (unpaired) electrons. The van der Waals surface area contributed by atoms with Crippen molar-refractivity contribution >= 4 is 20.2 Å². The van der Waals surface area contributed by atoms with Crippen LogP contribution in [-0.2, 0) is 0 Å². The molecule has 0 saturated heterocycles. The van der Waals surface area contributed by atoms with Crippen molar-refractivity contribution in [1.29, 1.82) is 0 Å². The summed E-state index contributed by atoms with van der Waals surface area (Å²) in [5.41, 5.74) is 2.78. The van der Waals surface area contributed by atoms with E-state index in [1.807, 2.05) is 19.9 Å². The van der Waals surface area contributed by atoms with Gasteiger partial charge in [-0.2, -0.15) is 0 Å². The molecule has 0 bridgehead atoms. The molecular formula is C20H30N3OP. The van der Waals surface area contributed by atoms with E-state index < -0.39 is 0 Å². The summed E-state index contributed by atoms with van der Waals surface area (Å²) >= 11 is 0. The molecule has 1 aromatic carbocycles. The molecule has 5 heteroatoms. The van der Waals surface area contributed by atoms with E-state index in [9.17, 15) is 4.79 Å². The fourth-order valence-corrected chi connectivity index (χ4v) is 3.63. The standard InChI is InChI=1S/C20H30N3OP/c1-13(2)11-22(12-14(3)4)18-8-7-17(10-19(18)25)23-16(6)21-15(5)9-20(23)24/h7-10,13-14H,11-12,25H2,1-6H3. The molecule has 0 amide bonds. The van der Waals surface area contributed by atoms with Crippen LogP contribution in [-0.4, -0.2) is 22.6 Å². The van der Waals surface area contributed by atoms with Crippen LogP contribution in [0.5, 0.6) is 0 Å². The highest BCUT2D eigenvalue weighted by atomic mass is 31.0. The second-order valence-corrected chi connectivity index (χ2v) is 8.18. The normalized spacial score (nSPS) is 11.4. The lowest BCUT2D eigenvalue weighted by Gasteiger charge is -2.30. The van der Waals surface area contributed by atoms with Crippen LogP contribution in [0.4, 0.5) is 5.69 Å². The van der Waals surface area contributed by atoms with Crippen molar-refractivity contribution in [2.45, 2.75) is 41.5 Å². The van der Waals surface area contributed by atoms with Crippen LogP contribution >= 0.6 is 9.24 Å². The van der Waals surface area contributed by atoms with E-state index in [4.69, 9.17) is 0 Å². The molecule has 1 heterocycles. The minimum absolute atomic E-state index is 0.0385. The van der Waals surface area contributed by atoms with Gasteiger partial charge in [-0.3, -0.25) is 9.36 Å². The average Bonchev–Trinajstić information content (AvgIpc) is 2.44. The summed E-state index contributed by atoms with van der Waals surface area (Å²) in [6.45, 7) is 14.7. The lowest BCUT2D eigenvalue weighted by Crippen LogP contribution is -2.33. The predicted octanol–water partition coefficient (Wildman–Crippen LogP) is 3.47. The molecular weight excluding hydrogens is 329 g/mol. The van der Waals surface area contributed by atoms with Gasteiger partial charge >= 0.3 is 0 Å². The average molecular weight is 359 g/mol. The fourth-order valence-electron chi connectivity index (χ4n) is 3.18. The number of aromatic nitrogens is 2. The lowest BCUT2D eigenvalue weighted by molar-refractivity contribution is 0.553. The minimum atomic E-state index is -0.0385. The summed E-state index contributed by atoms with van der Waals surface area (Å²) in [5.74, 6) is 1.89. The molecule has 136 valence electrons. The van der Waals surface area contributed by atoms with E-state index in [0.29, 0.717) is 17.7 Å². The summed E-state index contributed by atoms with van der Waals surface area (Å²) in [6, 6.07) is 7.77. The predicted molar refractivity (Wildman–Crippen MR) is 111 cm³/mol. The molecule has 0 spiro atoms. The summed E-state index contributed by atoms with van der Waals surface area (Å²) in [5, 5.41) is 1.10. The highest BCUT2D eigenvalue weighted by Crippen LogP contribution is 2.20. The van der Waals surface area contributed by atoms with Crippen molar-refractivity contribution in [3.63, 3.8) is 0 Å². The number of hydrogen-bond acceptors (Lipinski definition) is 3. The van der Waals surface area contributed by atoms with Crippen molar-refractivity contribution in [2.75, 3.05) is 18.0 Å². The third-order valence-electron chi connectivity index (χ3n) is 4.00. The van der Waals surface area contributed by atoms with Crippen LogP contribution < -0.4 is 15.8 Å². The maximum absolute atomic E-state index is 12.4. The van der Waals surface area contributed by atoms with Crippen molar-refractivity contribution < 1.29 is 0 Å². The van der Waals surface area contributed by atoms with Crippen LogP contribution in [0.2, 0.25) is 0 Å². The molecule has 0 N–H and O–H groups in total. The first-order valence-electron chi connectivity index (χ1n) is 8.91. The van der Waals surface area contributed by atoms with Crippen LogP contribution in [0.15, 0.2) is 29.1 Å². The van der Waals surface area contributed by atoms with E-state index in [0.717, 1.165) is 29.8 Å². The van der Waals surface area contributed by atoms with Gasteiger partial charge in [-0.1, -0.05) is 27.7 Å². The fraction of sp³-hybridized carbons (Fsp3) is 0.500. The van der Waals surface area contributed by atoms with Gasteiger partial charge in [-0.05, 0) is 49.2 Å². The van der Waals surface area contributed by atoms with Crippen LogP contribution in [0, 0.1) is 25.7 Å². The van der Waals surface area contributed by atoms with Gasteiger partial charge in [0.25, 0.3) is 5.56 Å². The Morgan fingerprint density at radius 2 is 1.68 bits per heavy atom. The molecule has 25 heavy (non-hydrogen) atoms. The first kappa shape index (κ1) is 19.7. The van der Waals surface area contributed by atoms with Gasteiger partial charge in [-0.15, -0.1) is 9.24 Å². The molecule has 2 aromatic rings. The smallest absolute Gasteiger partial charge is 0.258 e. The van der Waals surface area contributed by atoms with E-state index in [2.05, 4.69) is 59.0 Å². The molecule has 1 unspecified atom stereocenters. The summed E-state index contributed by atoms with van der Waals surface area (Å²) in [4.78, 5) is 19.2. The molecule has 4 nitrogen and oxygen atoms in total. The molecule has 0 aliphatic carbocycles. The van der Waals surface area contributed by atoms with Gasteiger partial charge in [0, 0.05) is 30.5 Å². The maximum Gasteiger partial charge on any atom is 0.258 e. The highest BCUT2D eigenvalue weighted by Gasteiger charge is 2.14. The molecule has 0 fully saturated rings. The zero-order valence-corrected chi connectivity index (χ0v) is 17.4. The number of anilines is 1. The molecule has 2 rings (SSSR count). The first-order chi connectivity index (χ1) is 11.7. The number of hydrogen-bond donors (Lipinski definition) is 0. The van der Waals surface area contributed by atoms with Gasteiger partial charge in [0.2, 0.25) is 0 Å². The Morgan fingerprint density at radius 3 is 2.16 bits per heavy atom. The molecule has 0 saturated carbocycles. The first-order valence-corrected chi connectivity index (χ1v) is 9.49. The Kier molecular flexibility index (Phi) is 6.40. The van der Waals surface area contributed by atoms with Crippen molar-refractivity contribution in [1.82, 2.24) is 9.55 Å². The van der Waals surface area contributed by atoms with Gasteiger partial charge < -0.3 is 4.90 Å². The second-order valence-electron chi connectivity index (χ2n) is 7.55. The Balaban J connectivity index is 2.45. The highest BCUT2D eigenvalue weighted by molar-refractivity contribution is 7.28. The van der Waals surface area contributed by atoms with Gasteiger partial charge in [0.05, 0.1) is 5.69 Å².